The van der Waals surface area contributed by atoms with Crippen molar-refractivity contribution in [1.82, 2.24) is 38.8 Å². The lowest BCUT2D eigenvalue weighted by atomic mass is 10.2. The van der Waals surface area contributed by atoms with Crippen LogP contribution in [0.5, 0.6) is 0 Å². The molecule has 0 aromatic carbocycles. The van der Waals surface area contributed by atoms with E-state index in [-0.39, 0.29) is 142 Å². The number of likely N-dealkylation sites (N-methyl/N-ethyl adjacent to an activating group) is 4. The Balaban J connectivity index is -0.000000142. The van der Waals surface area contributed by atoms with E-state index in [0.717, 1.165) is 57.7 Å². The van der Waals surface area contributed by atoms with Crippen molar-refractivity contribution < 1.29 is 122 Å². The second-order valence-electron chi connectivity index (χ2n) is 38.1. The molecule has 0 spiro atoms. The predicted molar refractivity (Wildman–Crippen MR) is 479 cm³/mol. The van der Waals surface area contributed by atoms with Gasteiger partial charge in [-0.3, -0.25) is 53.2 Å². The quantitative estimate of drug-likeness (QED) is 0.0736. The predicted octanol–water partition coefficient (Wildman–Crippen LogP) is 8.69. The maximum absolute atomic E-state index is 11.7. The largest absolute Gasteiger partial charge is 0.467 e. The molecule has 0 saturated carbocycles. The summed E-state index contributed by atoms with van der Waals surface area (Å²) >= 11 is 0. The van der Waals surface area contributed by atoms with E-state index in [1.165, 1.54) is 26.0 Å². The van der Waals surface area contributed by atoms with Gasteiger partial charge in [0.2, 0.25) is 55.5 Å². The number of primary amides is 1. The fourth-order valence-electron chi connectivity index (χ4n) is 6.17. The Kier molecular flexibility index (Phi) is 73.9. The highest BCUT2D eigenvalue weighted by Gasteiger charge is 2.25. The van der Waals surface area contributed by atoms with Crippen LogP contribution in [0.3, 0.4) is 0 Å². The first-order valence-electron chi connectivity index (χ1n) is 40.1. The van der Waals surface area contributed by atoms with Crippen LogP contribution >= 0.6 is 0 Å². The Morgan fingerprint density at radius 2 is 0.702 bits per heavy atom. The van der Waals surface area contributed by atoms with Crippen LogP contribution in [0, 0.1) is 5.92 Å². The van der Waals surface area contributed by atoms with Gasteiger partial charge in [-0.05, 0) is 235 Å². The van der Waals surface area contributed by atoms with Gasteiger partial charge in [0.15, 0.2) is 0 Å². The van der Waals surface area contributed by atoms with Crippen LogP contribution in [0.25, 0.3) is 0 Å². The van der Waals surface area contributed by atoms with Gasteiger partial charge in [-0.15, -0.1) is 0 Å². The van der Waals surface area contributed by atoms with Crippen molar-refractivity contribution in [3.05, 3.63) is 0 Å². The summed E-state index contributed by atoms with van der Waals surface area (Å²) in [7, 11) is 1.13. The number of hydrogen-bond donors (Lipinski definition) is 4. The number of ether oxygens (including phenoxy) is 11. The Morgan fingerprint density at radius 1 is 0.438 bits per heavy atom. The number of nitrogens with one attached hydrogen (secondary N) is 2. The summed E-state index contributed by atoms with van der Waals surface area (Å²) in [5, 5.41) is 10.6. The van der Waals surface area contributed by atoms with Crippen molar-refractivity contribution >= 4 is 79.2 Å². The minimum Gasteiger partial charge on any atom is -0.467 e. The van der Waals surface area contributed by atoms with Crippen LogP contribution < -0.4 is 15.8 Å². The van der Waals surface area contributed by atoms with Gasteiger partial charge in [-0.25, -0.2) is 25.9 Å². The lowest BCUT2D eigenvalue weighted by Gasteiger charge is -2.33. The van der Waals surface area contributed by atoms with Crippen LogP contribution in [0.2, 0.25) is 0 Å². The van der Waals surface area contributed by atoms with Gasteiger partial charge in [0.05, 0.1) is 88.8 Å². The van der Waals surface area contributed by atoms with Crippen molar-refractivity contribution in [2.45, 2.75) is 313 Å². The summed E-state index contributed by atoms with van der Waals surface area (Å²) in [6, 6.07) is 0. The number of morpholine rings is 1. The molecule has 0 bridgehead atoms. The van der Waals surface area contributed by atoms with E-state index in [2.05, 4.69) is 42.8 Å². The normalized spacial score (nSPS) is 13.3. The molecular weight excluding hydrogens is 1620 g/mol. The van der Waals surface area contributed by atoms with Crippen LogP contribution in [0.1, 0.15) is 257 Å². The maximum atomic E-state index is 11.7. The summed E-state index contributed by atoms with van der Waals surface area (Å²) in [5.41, 5.74) is 1.60. The molecule has 121 heavy (non-hydrogen) atoms. The number of hydrogen-bond acceptors (Lipinski definition) is 27. The zero-order valence-corrected chi connectivity index (χ0v) is 84.4. The molecule has 2 saturated heterocycles. The van der Waals surface area contributed by atoms with E-state index >= 15 is 0 Å². The number of rotatable bonds is 22. The molecule has 2 aliphatic rings. The zero-order valence-electron chi connectivity index (χ0n) is 82.7. The highest BCUT2D eigenvalue weighted by molar-refractivity contribution is 7.89. The molecule has 0 unspecified atom stereocenters. The molecule has 2 rings (SSSR count). The van der Waals surface area contributed by atoms with Crippen LogP contribution in [-0.4, -0.2) is 339 Å². The van der Waals surface area contributed by atoms with Crippen molar-refractivity contribution in [2.24, 2.45) is 11.7 Å². The van der Waals surface area contributed by atoms with Crippen molar-refractivity contribution in [2.75, 3.05) is 173 Å². The fraction of sp³-hybridized carbons (Fsp3) is 0.881. The molecule has 2 heterocycles. The molecule has 726 valence electrons. The van der Waals surface area contributed by atoms with Crippen molar-refractivity contribution in [3.63, 3.8) is 0 Å². The third-order valence-electron chi connectivity index (χ3n) is 12.2. The van der Waals surface area contributed by atoms with E-state index in [0.29, 0.717) is 30.6 Å². The molecule has 37 heteroatoms. The summed E-state index contributed by atoms with van der Waals surface area (Å²) in [5.74, 6) is -1.68. The Bertz CT molecular complexity index is 3040. The van der Waals surface area contributed by atoms with Crippen LogP contribution in [0.4, 0.5) is 0 Å². The summed E-state index contributed by atoms with van der Waals surface area (Å²) < 4.78 is 102. The third kappa shape index (κ3) is 125. The molecular formula is C84H177N9O26S2. The first kappa shape index (κ1) is 136. The molecule has 0 aromatic rings. The molecule has 2 fully saturated rings. The van der Waals surface area contributed by atoms with E-state index in [1.807, 2.05) is 164 Å². The van der Waals surface area contributed by atoms with Gasteiger partial charge in [-0.2, -0.15) is 0 Å². The number of imide groups is 1. The number of carbonyl (C=O) groups excluding carboxylic acids is 10. The number of nitrogens with zero attached hydrogens (tertiary/aromatic N) is 6. The first-order valence-corrected chi connectivity index (χ1v) is 43.8. The lowest BCUT2D eigenvalue weighted by Crippen LogP contribution is -2.48. The summed E-state index contributed by atoms with van der Waals surface area (Å²) in [6.45, 7) is 75.7. The average molecular weight is 1790 g/mol. The molecule has 0 atom stereocenters. The highest BCUT2D eigenvalue weighted by Crippen LogP contribution is 2.14. The lowest BCUT2D eigenvalue weighted by molar-refractivity contribution is -0.151. The van der Waals surface area contributed by atoms with Gasteiger partial charge >= 0.3 is 5.97 Å². The van der Waals surface area contributed by atoms with Gasteiger partial charge in [0.25, 0.3) is 17.7 Å². The second kappa shape index (κ2) is 65.8. The Hall–Kier alpha value is -5.68. The third-order valence-corrected chi connectivity index (χ3v) is 14.0. The number of aliphatic hydroxyl groups is 1. The number of esters is 1. The molecule has 35 nitrogen and oxygen atoms in total. The van der Waals surface area contributed by atoms with Gasteiger partial charge in [-0.1, -0.05) is 28.2 Å². The molecule has 0 radical (unpaired) electrons. The van der Waals surface area contributed by atoms with Gasteiger partial charge in [0, 0.05) is 80.4 Å². The van der Waals surface area contributed by atoms with Crippen LogP contribution in [-0.2, 0) is 120 Å². The van der Waals surface area contributed by atoms with Gasteiger partial charge in [0.1, 0.15) is 59.5 Å². The Labute approximate surface area is 733 Å². The summed E-state index contributed by atoms with van der Waals surface area (Å²) in [4.78, 5) is 119. The minimum absolute atomic E-state index is 0. The number of piperazine rings is 1. The molecule has 0 aliphatic carbocycles. The summed E-state index contributed by atoms with van der Waals surface area (Å²) in [6.07, 6.45) is 1.89. The fourth-order valence-corrected chi connectivity index (χ4v) is 7.06. The molecule has 2 aliphatic heterocycles. The topological polar surface area (TPSA) is 430 Å². The minimum atomic E-state index is -3.47. The second-order valence-corrected chi connectivity index (χ2v) is 41.9. The van der Waals surface area contributed by atoms with E-state index < -0.39 is 60.5 Å². The standard InChI is InChI=1S/C11H22N2O2.C10H19NO3.C10H21NO2.C8H17NO4S.C8H15NO3.C8H17NO2.C7H15NO4S.C7H14O3.C6H13NO2.C4H10O.C4H10.CH4/c1-11(2,3)15-9-10(14)13-7-5-12(4)6-8-13;1-10(2,3)14-8-9(12)11-4-6-13-7-5-11;1-6-11(7-2)9(12)8-13-10(3,4)5;1-8(2,3)13-6-7(10)9(4)14(5,11)12;1-6(10)9-7(11)5-12-8(2,3)4;1-8(2,3)11-6-7(10)9(4)5;1-7(2,3)12-5-6(9)8-13(4,10)11;1-7(2,3)10-5-6(8)9-4;1-6(2,3)9-4-5(7)8;1-4(2,3)5;1-4(2)3;/h5-9H2,1-4H3;4-8H2,1-3H3;6-8H2,1-5H3;6H2,1-5H3;5H2,1-4H3,(H,9,10,11);6H2,1-5H3;5H2,1-4H3,(H,8,9);5H2,1-4H3;4H2,1-3H3,(H2,7,8);5H,1-3H3;4H,1-3H3;1H4. The highest BCUT2D eigenvalue weighted by atomic mass is 32.2. The first-order chi connectivity index (χ1) is 53.2. The molecule has 9 amide bonds. The van der Waals surface area contributed by atoms with Gasteiger partial charge < -0.3 is 87.4 Å². The monoisotopic (exact) mass is 1790 g/mol. The van der Waals surface area contributed by atoms with E-state index in [1.54, 1.807) is 90.9 Å². The smallest absolute Gasteiger partial charge is 0.331 e. The maximum Gasteiger partial charge on any atom is 0.331 e. The van der Waals surface area contributed by atoms with Crippen molar-refractivity contribution in [3.8, 4) is 0 Å². The van der Waals surface area contributed by atoms with E-state index in [4.69, 9.17) is 58.2 Å². The number of amides is 9. The van der Waals surface area contributed by atoms with Crippen LogP contribution in [0.15, 0.2) is 0 Å². The van der Waals surface area contributed by atoms with E-state index in [9.17, 15) is 64.8 Å². The Morgan fingerprint density at radius 3 is 0.959 bits per heavy atom. The number of nitrogens with two attached hydrogens (primary N) is 1. The molecule has 5 N–H and O–H groups in total. The average Bonchev–Trinajstić information content (AvgIpc) is 0.919. The number of methoxy groups -OCH3 is 1. The number of sulfonamides is 2. The zero-order chi connectivity index (χ0) is 97.4. The number of carbonyl (C=O) groups is 10. The SMILES string of the molecule is C.CC(=O)NC(=O)COC(C)(C)C.CC(C)(C)O.CC(C)(C)OCC(=O)N1CCOCC1.CC(C)(C)OCC(=O)NS(C)(=O)=O.CC(C)(C)OCC(N)=O.CC(C)C.CCN(CC)C(=O)COC(C)(C)C.CN(C(=O)COC(C)(C)C)S(C)(=O)=O.CN(C)C(=O)COC(C)(C)C.CN1CCN(C(=O)COC(C)(C)C)CC1.COC(=O)COC(C)(C)C. The molecule has 0 aromatic heterocycles. The van der Waals surface area contributed by atoms with Crippen molar-refractivity contribution in [1.29, 1.82) is 0 Å².